The zero-order valence-corrected chi connectivity index (χ0v) is 19.0. The standard InChI is InChI=1S/C23H37N3O3/c1-22(2,3)19(24-21(28)29-23(4,5)6)20(27)25(7)18-13-14-26(16-18)15-17-11-9-8-10-12-17/h8-12,18-19H,13-16H2,1-7H3,(H,24,28)/t18-,19+/m0/s1. The third-order valence-electron chi connectivity index (χ3n) is 5.17. The third-order valence-corrected chi connectivity index (χ3v) is 5.17. The van der Waals surface area contributed by atoms with Gasteiger partial charge in [-0.1, -0.05) is 51.1 Å². The van der Waals surface area contributed by atoms with E-state index in [1.807, 2.05) is 54.7 Å². The minimum Gasteiger partial charge on any atom is -0.444 e. The molecule has 29 heavy (non-hydrogen) atoms. The molecule has 1 aliphatic heterocycles. The van der Waals surface area contributed by atoms with E-state index in [1.54, 1.807) is 4.90 Å². The van der Waals surface area contributed by atoms with Gasteiger partial charge in [0.2, 0.25) is 5.91 Å². The molecule has 1 fully saturated rings. The minimum atomic E-state index is -0.648. The van der Waals surface area contributed by atoms with Crippen LogP contribution in [-0.4, -0.2) is 59.6 Å². The number of hydrogen-bond acceptors (Lipinski definition) is 4. The van der Waals surface area contributed by atoms with Crippen LogP contribution in [0.25, 0.3) is 0 Å². The fourth-order valence-electron chi connectivity index (χ4n) is 3.57. The van der Waals surface area contributed by atoms with Crippen molar-refractivity contribution in [2.45, 2.75) is 72.2 Å². The lowest BCUT2D eigenvalue weighted by molar-refractivity contribution is -0.136. The predicted molar refractivity (Wildman–Crippen MR) is 116 cm³/mol. The normalized spacial score (nSPS) is 18.9. The number of likely N-dealkylation sites (tertiary alicyclic amines) is 1. The number of benzene rings is 1. The molecule has 1 aromatic carbocycles. The van der Waals surface area contributed by atoms with Crippen molar-refractivity contribution in [1.82, 2.24) is 15.1 Å². The van der Waals surface area contributed by atoms with Crippen molar-refractivity contribution >= 4 is 12.0 Å². The third kappa shape index (κ3) is 7.03. The quantitative estimate of drug-likeness (QED) is 0.815. The molecule has 0 unspecified atom stereocenters. The van der Waals surface area contributed by atoms with Crippen LogP contribution >= 0.6 is 0 Å². The molecule has 0 spiro atoms. The van der Waals surface area contributed by atoms with Gasteiger partial charge in [-0.25, -0.2) is 4.79 Å². The fraction of sp³-hybridized carbons (Fsp3) is 0.652. The highest BCUT2D eigenvalue weighted by Gasteiger charge is 2.39. The van der Waals surface area contributed by atoms with Gasteiger partial charge in [0.05, 0.1) is 0 Å². The van der Waals surface area contributed by atoms with Gasteiger partial charge in [0.25, 0.3) is 0 Å². The van der Waals surface area contributed by atoms with Crippen LogP contribution in [-0.2, 0) is 16.1 Å². The Labute approximate surface area is 175 Å². The molecule has 1 N–H and O–H groups in total. The topological polar surface area (TPSA) is 61.9 Å². The summed E-state index contributed by atoms with van der Waals surface area (Å²) in [6, 6.07) is 9.86. The summed E-state index contributed by atoms with van der Waals surface area (Å²) in [4.78, 5) is 29.8. The van der Waals surface area contributed by atoms with Crippen molar-refractivity contribution in [2.24, 2.45) is 5.41 Å². The van der Waals surface area contributed by atoms with Gasteiger partial charge in [-0.2, -0.15) is 0 Å². The second-order valence-corrected chi connectivity index (χ2v) is 10.1. The number of nitrogens with one attached hydrogen (secondary N) is 1. The molecule has 1 heterocycles. The minimum absolute atomic E-state index is 0.0741. The van der Waals surface area contributed by atoms with Crippen LogP contribution in [0, 0.1) is 5.41 Å². The van der Waals surface area contributed by atoms with Crippen LogP contribution in [0.1, 0.15) is 53.5 Å². The van der Waals surface area contributed by atoms with E-state index < -0.39 is 23.2 Å². The van der Waals surface area contributed by atoms with Crippen molar-refractivity contribution in [3.05, 3.63) is 35.9 Å². The average Bonchev–Trinajstić information content (AvgIpc) is 3.05. The van der Waals surface area contributed by atoms with E-state index in [2.05, 4.69) is 34.5 Å². The highest BCUT2D eigenvalue weighted by atomic mass is 16.6. The lowest BCUT2D eigenvalue weighted by atomic mass is 9.85. The summed E-state index contributed by atoms with van der Waals surface area (Å²) >= 11 is 0. The Morgan fingerprint density at radius 2 is 1.79 bits per heavy atom. The maximum atomic E-state index is 13.3. The number of amides is 2. The molecule has 1 aromatic rings. The Kier molecular flexibility index (Phi) is 7.33. The zero-order valence-electron chi connectivity index (χ0n) is 19.0. The first-order valence-corrected chi connectivity index (χ1v) is 10.4. The second-order valence-electron chi connectivity index (χ2n) is 10.1. The molecule has 162 valence electrons. The smallest absolute Gasteiger partial charge is 0.408 e. The molecule has 0 aliphatic carbocycles. The summed E-state index contributed by atoms with van der Waals surface area (Å²) in [5, 5.41) is 2.80. The molecule has 0 radical (unpaired) electrons. The van der Waals surface area contributed by atoms with Crippen molar-refractivity contribution in [3.8, 4) is 0 Å². The summed E-state index contributed by atoms with van der Waals surface area (Å²) in [6.07, 6.45) is 0.370. The number of ether oxygens (including phenoxy) is 1. The van der Waals surface area contributed by atoms with Crippen molar-refractivity contribution in [2.75, 3.05) is 20.1 Å². The molecule has 0 aromatic heterocycles. The van der Waals surface area contributed by atoms with Crippen molar-refractivity contribution in [3.63, 3.8) is 0 Å². The highest BCUT2D eigenvalue weighted by molar-refractivity contribution is 5.86. The molecule has 1 saturated heterocycles. The Morgan fingerprint density at radius 1 is 1.17 bits per heavy atom. The van der Waals surface area contributed by atoms with E-state index in [1.165, 1.54) is 5.56 Å². The molecule has 2 atom stereocenters. The fourth-order valence-corrected chi connectivity index (χ4v) is 3.57. The van der Waals surface area contributed by atoms with Crippen LogP contribution in [0.2, 0.25) is 0 Å². The van der Waals surface area contributed by atoms with Crippen LogP contribution in [0.3, 0.4) is 0 Å². The first-order chi connectivity index (χ1) is 13.4. The van der Waals surface area contributed by atoms with E-state index in [4.69, 9.17) is 4.74 Å². The maximum Gasteiger partial charge on any atom is 0.408 e. The lowest BCUT2D eigenvalue weighted by Crippen LogP contribution is -2.56. The second kappa shape index (κ2) is 9.16. The number of likely N-dealkylation sites (N-methyl/N-ethyl adjacent to an activating group) is 1. The number of nitrogens with zero attached hydrogens (tertiary/aromatic N) is 2. The largest absolute Gasteiger partial charge is 0.444 e. The van der Waals surface area contributed by atoms with Gasteiger partial charge >= 0.3 is 6.09 Å². The number of hydrogen-bond donors (Lipinski definition) is 1. The Hall–Kier alpha value is -2.08. The molecule has 0 bridgehead atoms. The van der Waals surface area contributed by atoms with Gasteiger partial charge in [-0.15, -0.1) is 0 Å². The van der Waals surface area contributed by atoms with Crippen molar-refractivity contribution < 1.29 is 14.3 Å². The van der Waals surface area contributed by atoms with E-state index >= 15 is 0 Å². The summed E-state index contributed by atoms with van der Waals surface area (Å²) in [5.74, 6) is -0.0741. The molecule has 6 nitrogen and oxygen atoms in total. The monoisotopic (exact) mass is 403 g/mol. The highest BCUT2D eigenvalue weighted by Crippen LogP contribution is 2.24. The molecule has 6 heteroatoms. The lowest BCUT2D eigenvalue weighted by Gasteiger charge is -2.36. The van der Waals surface area contributed by atoms with Crippen LogP contribution in [0.4, 0.5) is 4.79 Å². The molecular weight excluding hydrogens is 366 g/mol. The predicted octanol–water partition coefficient (Wildman–Crippen LogP) is 3.66. The molecule has 0 saturated carbocycles. The van der Waals surface area contributed by atoms with E-state index in [0.717, 1.165) is 26.1 Å². The number of carbonyl (C=O) groups is 2. The summed E-state index contributed by atoms with van der Waals surface area (Å²) in [7, 11) is 1.84. The van der Waals surface area contributed by atoms with Crippen LogP contribution in [0.5, 0.6) is 0 Å². The van der Waals surface area contributed by atoms with Gasteiger partial charge in [0.15, 0.2) is 0 Å². The average molecular weight is 404 g/mol. The maximum absolute atomic E-state index is 13.3. The van der Waals surface area contributed by atoms with Gasteiger partial charge in [0.1, 0.15) is 11.6 Å². The molecular formula is C23H37N3O3. The van der Waals surface area contributed by atoms with Gasteiger partial charge in [-0.05, 0) is 38.2 Å². The SMILES string of the molecule is CN(C(=O)[C@@H](NC(=O)OC(C)(C)C)C(C)(C)C)[C@H]1CCN(Cc2ccccc2)C1. The number of alkyl carbamates (subject to hydrolysis) is 1. The van der Waals surface area contributed by atoms with E-state index in [-0.39, 0.29) is 11.9 Å². The summed E-state index contributed by atoms with van der Waals surface area (Å²) in [5.41, 5.74) is 0.247. The van der Waals surface area contributed by atoms with Gasteiger partial charge in [-0.3, -0.25) is 9.69 Å². The number of carbonyl (C=O) groups excluding carboxylic acids is 2. The summed E-state index contributed by atoms with van der Waals surface area (Å²) < 4.78 is 5.37. The summed E-state index contributed by atoms with van der Waals surface area (Å²) in [6.45, 7) is 14.0. The van der Waals surface area contributed by atoms with E-state index in [0.29, 0.717) is 0 Å². The first-order valence-electron chi connectivity index (χ1n) is 10.4. The van der Waals surface area contributed by atoms with Gasteiger partial charge < -0.3 is 15.0 Å². The Bertz CT molecular complexity index is 692. The van der Waals surface area contributed by atoms with Crippen LogP contribution in [0.15, 0.2) is 30.3 Å². The van der Waals surface area contributed by atoms with Crippen LogP contribution < -0.4 is 5.32 Å². The van der Waals surface area contributed by atoms with E-state index in [9.17, 15) is 9.59 Å². The molecule has 1 aliphatic rings. The van der Waals surface area contributed by atoms with Crippen molar-refractivity contribution in [1.29, 1.82) is 0 Å². The zero-order chi connectivity index (χ0) is 21.8. The molecule has 2 rings (SSSR count). The Balaban J connectivity index is 2.00. The van der Waals surface area contributed by atoms with Gasteiger partial charge in [0, 0.05) is 32.7 Å². The number of rotatable bonds is 5. The first kappa shape index (κ1) is 23.2. The Morgan fingerprint density at radius 3 is 2.34 bits per heavy atom. The molecule has 2 amide bonds.